The van der Waals surface area contributed by atoms with Gasteiger partial charge in [0, 0.05) is 42.0 Å². The summed E-state index contributed by atoms with van der Waals surface area (Å²) in [6.07, 6.45) is -0.667. The summed E-state index contributed by atoms with van der Waals surface area (Å²) in [6.45, 7) is 5.42. The summed E-state index contributed by atoms with van der Waals surface area (Å²) in [5, 5.41) is 3.99. The van der Waals surface area contributed by atoms with E-state index in [4.69, 9.17) is 18.9 Å². The molecule has 1 aromatic heterocycles. The number of carbonyl (C=O) groups is 1. The second kappa shape index (κ2) is 8.05. The van der Waals surface area contributed by atoms with Gasteiger partial charge in [0.1, 0.15) is 5.75 Å². The Morgan fingerprint density at radius 3 is 2.83 bits per heavy atom. The van der Waals surface area contributed by atoms with Crippen LogP contribution in [0.2, 0.25) is 0 Å². The highest BCUT2D eigenvalue weighted by atomic mass is 16.7. The summed E-state index contributed by atoms with van der Waals surface area (Å²) in [5.41, 5.74) is 3.00. The van der Waals surface area contributed by atoms with Crippen molar-refractivity contribution in [1.29, 1.82) is 0 Å². The highest BCUT2D eigenvalue weighted by Crippen LogP contribution is 2.35. The molecule has 0 fully saturated rings. The van der Waals surface area contributed by atoms with Crippen LogP contribution in [0, 0.1) is 6.92 Å². The number of aromatic nitrogens is 1. The van der Waals surface area contributed by atoms with Gasteiger partial charge in [-0.15, -0.1) is 0 Å². The van der Waals surface area contributed by atoms with Gasteiger partial charge in [0.05, 0.1) is 6.61 Å². The van der Waals surface area contributed by atoms with Crippen molar-refractivity contribution < 1.29 is 23.7 Å². The number of amides is 1. The third kappa shape index (κ3) is 4.00. The van der Waals surface area contributed by atoms with Crippen LogP contribution in [0.5, 0.6) is 17.2 Å². The maximum Gasteiger partial charge on any atom is 0.265 e. The molecule has 152 valence electrons. The highest BCUT2D eigenvalue weighted by molar-refractivity contribution is 5.96. The van der Waals surface area contributed by atoms with Crippen LogP contribution in [0.1, 0.15) is 12.6 Å². The summed E-state index contributed by atoms with van der Waals surface area (Å²) >= 11 is 0. The molecule has 1 atom stereocenters. The predicted octanol–water partition coefficient (Wildman–Crippen LogP) is 3.73. The lowest BCUT2D eigenvalue weighted by atomic mass is 10.2. The zero-order valence-electron chi connectivity index (χ0n) is 16.7. The number of methoxy groups -OCH3 is 1. The molecular formula is C22H24N2O5. The molecule has 7 nitrogen and oxygen atoms in total. The van der Waals surface area contributed by atoms with Crippen LogP contribution in [0.15, 0.2) is 42.5 Å². The summed E-state index contributed by atoms with van der Waals surface area (Å²) < 4.78 is 23.8. The fourth-order valence-electron chi connectivity index (χ4n) is 3.42. The Morgan fingerprint density at radius 2 is 2.00 bits per heavy atom. The van der Waals surface area contributed by atoms with Gasteiger partial charge in [0.2, 0.25) is 6.79 Å². The average Bonchev–Trinajstić information content (AvgIpc) is 3.29. The minimum atomic E-state index is -0.667. The smallest absolute Gasteiger partial charge is 0.265 e. The van der Waals surface area contributed by atoms with Crippen LogP contribution < -0.4 is 19.5 Å². The van der Waals surface area contributed by atoms with Gasteiger partial charge in [-0.1, -0.05) is 0 Å². The van der Waals surface area contributed by atoms with Crippen molar-refractivity contribution in [1.82, 2.24) is 4.57 Å². The minimum Gasteiger partial charge on any atom is -0.481 e. The van der Waals surface area contributed by atoms with Gasteiger partial charge in [-0.2, -0.15) is 0 Å². The summed E-state index contributed by atoms with van der Waals surface area (Å²) in [7, 11) is 1.70. The zero-order valence-corrected chi connectivity index (χ0v) is 16.7. The van der Waals surface area contributed by atoms with Gasteiger partial charge < -0.3 is 28.8 Å². The standard InChI is InChI=1S/C22H24N2O5/c1-14-10-16-11-17(4-6-19(16)24(14)8-9-26-3)23-22(25)15(2)29-18-5-7-20-21(12-18)28-13-27-20/h4-7,10-12,15H,8-9,13H2,1-3H3,(H,23,25)/t15-/m0/s1. The van der Waals surface area contributed by atoms with E-state index in [2.05, 4.69) is 22.9 Å². The van der Waals surface area contributed by atoms with Crippen molar-refractivity contribution in [3.8, 4) is 17.2 Å². The molecule has 1 aliphatic rings. The lowest BCUT2D eigenvalue weighted by molar-refractivity contribution is -0.122. The number of aryl methyl sites for hydroxylation is 1. The topological polar surface area (TPSA) is 71.0 Å². The maximum atomic E-state index is 12.6. The first kappa shape index (κ1) is 19.1. The number of carbonyl (C=O) groups excluding carboxylic acids is 1. The molecule has 4 rings (SSSR count). The Bertz CT molecular complexity index is 1040. The first-order valence-electron chi connectivity index (χ1n) is 9.51. The predicted molar refractivity (Wildman–Crippen MR) is 110 cm³/mol. The lowest BCUT2D eigenvalue weighted by Gasteiger charge is -2.15. The molecule has 0 unspecified atom stereocenters. The van der Waals surface area contributed by atoms with E-state index >= 15 is 0 Å². The van der Waals surface area contributed by atoms with Crippen molar-refractivity contribution >= 4 is 22.5 Å². The van der Waals surface area contributed by atoms with E-state index in [1.165, 1.54) is 0 Å². The molecule has 2 aromatic carbocycles. The Labute approximate surface area is 169 Å². The molecule has 1 N–H and O–H groups in total. The number of hydrogen-bond acceptors (Lipinski definition) is 5. The highest BCUT2D eigenvalue weighted by Gasteiger charge is 2.18. The Kier molecular flexibility index (Phi) is 5.31. The molecule has 0 saturated carbocycles. The minimum absolute atomic E-state index is 0.198. The number of benzene rings is 2. The first-order valence-corrected chi connectivity index (χ1v) is 9.51. The van der Waals surface area contributed by atoms with E-state index in [0.717, 1.165) is 28.8 Å². The van der Waals surface area contributed by atoms with Gasteiger partial charge in [0.25, 0.3) is 5.91 Å². The Morgan fingerprint density at radius 1 is 1.17 bits per heavy atom. The zero-order chi connectivity index (χ0) is 20.4. The van der Waals surface area contributed by atoms with Crippen molar-refractivity contribution in [2.45, 2.75) is 26.5 Å². The Balaban J connectivity index is 1.44. The summed E-state index contributed by atoms with van der Waals surface area (Å²) in [4.78, 5) is 12.6. The van der Waals surface area contributed by atoms with Gasteiger partial charge in [-0.05, 0) is 50.2 Å². The number of ether oxygens (including phenoxy) is 4. The normalized spacial score (nSPS) is 13.5. The average molecular weight is 396 g/mol. The number of anilines is 1. The number of hydrogen-bond donors (Lipinski definition) is 1. The molecule has 0 spiro atoms. The third-order valence-corrected chi connectivity index (χ3v) is 4.92. The third-order valence-electron chi connectivity index (χ3n) is 4.92. The van der Waals surface area contributed by atoms with Gasteiger partial charge in [-0.25, -0.2) is 0 Å². The van der Waals surface area contributed by atoms with E-state index in [-0.39, 0.29) is 12.7 Å². The van der Waals surface area contributed by atoms with Crippen molar-refractivity contribution in [3.05, 3.63) is 48.2 Å². The van der Waals surface area contributed by atoms with Crippen molar-refractivity contribution in [3.63, 3.8) is 0 Å². The Hall–Kier alpha value is -3.19. The molecule has 2 heterocycles. The molecule has 1 amide bonds. The first-order chi connectivity index (χ1) is 14.0. The number of rotatable bonds is 7. The SMILES string of the molecule is COCCn1c(C)cc2cc(NC(=O)[C@H](C)Oc3ccc4c(c3)OCO4)ccc21. The fraction of sp³-hybridized carbons (Fsp3) is 0.318. The van der Waals surface area contributed by atoms with Crippen LogP contribution in [-0.2, 0) is 16.1 Å². The molecule has 1 aliphatic heterocycles. The molecule has 3 aromatic rings. The number of nitrogens with one attached hydrogen (secondary N) is 1. The summed E-state index contributed by atoms with van der Waals surface area (Å²) in [6, 6.07) is 13.2. The molecule has 0 bridgehead atoms. The molecular weight excluding hydrogens is 372 g/mol. The van der Waals surface area contributed by atoms with E-state index in [9.17, 15) is 4.79 Å². The van der Waals surface area contributed by atoms with E-state index in [1.807, 2.05) is 18.2 Å². The maximum absolute atomic E-state index is 12.6. The summed E-state index contributed by atoms with van der Waals surface area (Å²) in [5.74, 6) is 1.63. The molecule has 0 radical (unpaired) electrons. The van der Waals surface area contributed by atoms with Crippen LogP contribution in [0.4, 0.5) is 5.69 Å². The fourth-order valence-corrected chi connectivity index (χ4v) is 3.42. The number of fused-ring (bicyclic) bond motifs is 2. The van der Waals surface area contributed by atoms with Crippen LogP contribution in [0.25, 0.3) is 10.9 Å². The quantitative estimate of drug-likeness (QED) is 0.659. The molecule has 29 heavy (non-hydrogen) atoms. The van der Waals surface area contributed by atoms with Gasteiger partial charge >= 0.3 is 0 Å². The monoisotopic (exact) mass is 396 g/mol. The van der Waals surface area contributed by atoms with E-state index in [0.29, 0.717) is 23.9 Å². The van der Waals surface area contributed by atoms with Gasteiger partial charge in [-0.3, -0.25) is 4.79 Å². The second-order valence-corrected chi connectivity index (χ2v) is 6.97. The van der Waals surface area contributed by atoms with Crippen LogP contribution >= 0.6 is 0 Å². The molecule has 0 aliphatic carbocycles. The molecule has 7 heteroatoms. The van der Waals surface area contributed by atoms with Crippen molar-refractivity contribution in [2.75, 3.05) is 25.8 Å². The van der Waals surface area contributed by atoms with E-state index in [1.54, 1.807) is 32.2 Å². The van der Waals surface area contributed by atoms with Crippen molar-refractivity contribution in [2.24, 2.45) is 0 Å². The second-order valence-electron chi connectivity index (χ2n) is 6.97. The van der Waals surface area contributed by atoms with Crippen LogP contribution in [-0.4, -0.2) is 37.1 Å². The van der Waals surface area contributed by atoms with Gasteiger partial charge in [0.15, 0.2) is 17.6 Å². The van der Waals surface area contributed by atoms with E-state index < -0.39 is 6.10 Å². The number of nitrogens with zero attached hydrogens (tertiary/aromatic N) is 1. The lowest BCUT2D eigenvalue weighted by Crippen LogP contribution is -2.30. The largest absolute Gasteiger partial charge is 0.481 e. The van der Waals surface area contributed by atoms with Crippen LogP contribution in [0.3, 0.4) is 0 Å². The molecule has 0 saturated heterocycles.